The molecule has 16 heavy (non-hydrogen) atoms. The van der Waals surface area contributed by atoms with E-state index in [2.05, 4.69) is 5.32 Å². The number of hydrogen-bond acceptors (Lipinski definition) is 3. The Morgan fingerprint density at radius 1 is 1.31 bits per heavy atom. The SMILES string of the molecule is CNCCS(=O)(=O)N(C)c1ccc(F)cc1. The molecule has 0 heterocycles. The number of benzene rings is 1. The van der Waals surface area contributed by atoms with Crippen LogP contribution < -0.4 is 9.62 Å². The molecule has 4 nitrogen and oxygen atoms in total. The van der Waals surface area contributed by atoms with E-state index in [1.807, 2.05) is 0 Å². The van der Waals surface area contributed by atoms with Gasteiger partial charge in [-0.3, -0.25) is 4.31 Å². The van der Waals surface area contributed by atoms with E-state index in [9.17, 15) is 12.8 Å². The van der Waals surface area contributed by atoms with Crippen LogP contribution in [0.5, 0.6) is 0 Å². The van der Waals surface area contributed by atoms with Crippen LogP contribution in [-0.2, 0) is 10.0 Å². The molecule has 0 aliphatic heterocycles. The zero-order chi connectivity index (χ0) is 12.2. The molecular formula is C10H15FN2O2S. The van der Waals surface area contributed by atoms with Crippen LogP contribution in [0.3, 0.4) is 0 Å². The molecule has 1 aromatic carbocycles. The van der Waals surface area contributed by atoms with Gasteiger partial charge in [-0.2, -0.15) is 0 Å². The van der Waals surface area contributed by atoms with Crippen molar-refractivity contribution in [1.82, 2.24) is 5.32 Å². The fourth-order valence-corrected chi connectivity index (χ4v) is 2.36. The Kier molecular flexibility index (Phi) is 4.26. The van der Waals surface area contributed by atoms with Gasteiger partial charge >= 0.3 is 0 Å². The molecule has 1 aromatic rings. The van der Waals surface area contributed by atoms with Gasteiger partial charge in [0.2, 0.25) is 10.0 Å². The summed E-state index contributed by atoms with van der Waals surface area (Å²) < 4.78 is 37.4. The fraction of sp³-hybridized carbons (Fsp3) is 0.400. The first-order chi connectivity index (χ1) is 7.47. The quantitative estimate of drug-likeness (QED) is 0.836. The Morgan fingerprint density at radius 3 is 2.38 bits per heavy atom. The summed E-state index contributed by atoms with van der Waals surface area (Å²) in [7, 11) is -0.195. The Balaban J connectivity index is 2.84. The van der Waals surface area contributed by atoms with Gasteiger partial charge in [0.05, 0.1) is 11.4 Å². The van der Waals surface area contributed by atoms with Gasteiger partial charge in [0.25, 0.3) is 0 Å². The minimum atomic E-state index is -3.34. The highest BCUT2D eigenvalue weighted by Crippen LogP contribution is 2.16. The summed E-state index contributed by atoms with van der Waals surface area (Å²) in [6, 6.07) is 5.34. The Bertz CT molecular complexity index is 431. The average Bonchev–Trinajstić information content (AvgIpc) is 2.26. The molecule has 6 heteroatoms. The number of anilines is 1. The number of rotatable bonds is 5. The van der Waals surface area contributed by atoms with Gasteiger partial charge in [0, 0.05) is 13.6 Å². The van der Waals surface area contributed by atoms with Crippen molar-refractivity contribution >= 4 is 15.7 Å². The van der Waals surface area contributed by atoms with Crippen LogP contribution in [0, 0.1) is 5.82 Å². The molecule has 1 rings (SSSR count). The Labute approximate surface area is 95.1 Å². The maximum Gasteiger partial charge on any atom is 0.236 e. The molecule has 0 aliphatic rings. The summed E-state index contributed by atoms with van der Waals surface area (Å²) >= 11 is 0. The Morgan fingerprint density at radius 2 is 1.88 bits per heavy atom. The molecule has 0 unspecified atom stereocenters. The second-order valence-corrected chi connectivity index (χ2v) is 5.48. The molecule has 0 bridgehead atoms. The molecule has 1 N–H and O–H groups in total. The Hall–Kier alpha value is -1.14. The third-order valence-electron chi connectivity index (χ3n) is 2.22. The highest BCUT2D eigenvalue weighted by atomic mass is 32.2. The number of nitrogens with zero attached hydrogens (tertiary/aromatic N) is 1. The van der Waals surface area contributed by atoms with E-state index < -0.39 is 10.0 Å². The lowest BCUT2D eigenvalue weighted by atomic mass is 10.3. The molecule has 0 aromatic heterocycles. The van der Waals surface area contributed by atoms with Gasteiger partial charge in [0.15, 0.2) is 0 Å². The van der Waals surface area contributed by atoms with Crippen LogP contribution in [-0.4, -0.2) is 34.8 Å². The first-order valence-corrected chi connectivity index (χ1v) is 6.45. The standard InChI is InChI=1S/C10H15FN2O2S/c1-12-7-8-16(14,15)13(2)10-5-3-9(11)4-6-10/h3-6,12H,7-8H2,1-2H3. The highest BCUT2D eigenvalue weighted by molar-refractivity contribution is 7.92. The summed E-state index contributed by atoms with van der Waals surface area (Å²) in [6.07, 6.45) is 0. The van der Waals surface area contributed by atoms with Gasteiger partial charge < -0.3 is 5.32 Å². The van der Waals surface area contributed by atoms with Crippen LogP contribution in [0.2, 0.25) is 0 Å². The van der Waals surface area contributed by atoms with Gasteiger partial charge in [-0.15, -0.1) is 0 Å². The summed E-state index contributed by atoms with van der Waals surface area (Å²) in [5.41, 5.74) is 0.456. The predicted molar refractivity (Wildman–Crippen MR) is 62.5 cm³/mol. The first kappa shape index (κ1) is 12.9. The molecule has 0 spiro atoms. The van der Waals surface area contributed by atoms with Crippen molar-refractivity contribution in [2.24, 2.45) is 0 Å². The molecule has 0 aliphatic carbocycles. The molecule has 0 atom stereocenters. The van der Waals surface area contributed by atoms with Crippen LogP contribution in [0.4, 0.5) is 10.1 Å². The van der Waals surface area contributed by atoms with E-state index in [1.54, 1.807) is 7.05 Å². The summed E-state index contributed by atoms with van der Waals surface area (Å²) in [4.78, 5) is 0. The van der Waals surface area contributed by atoms with Gasteiger partial charge in [-0.05, 0) is 31.3 Å². The van der Waals surface area contributed by atoms with Crippen LogP contribution >= 0.6 is 0 Å². The lowest BCUT2D eigenvalue weighted by molar-refractivity contribution is 0.591. The third-order valence-corrected chi connectivity index (χ3v) is 3.98. The second kappa shape index (κ2) is 5.27. The van der Waals surface area contributed by atoms with Crippen molar-refractivity contribution in [2.75, 3.05) is 30.7 Å². The smallest absolute Gasteiger partial charge is 0.236 e. The van der Waals surface area contributed by atoms with E-state index in [0.29, 0.717) is 12.2 Å². The molecular weight excluding hydrogens is 231 g/mol. The number of sulfonamides is 1. The zero-order valence-corrected chi connectivity index (χ0v) is 10.1. The van der Waals surface area contributed by atoms with Crippen molar-refractivity contribution in [3.63, 3.8) is 0 Å². The molecule has 0 saturated carbocycles. The monoisotopic (exact) mass is 246 g/mol. The van der Waals surface area contributed by atoms with Crippen molar-refractivity contribution in [3.05, 3.63) is 30.1 Å². The van der Waals surface area contributed by atoms with Crippen molar-refractivity contribution in [2.45, 2.75) is 0 Å². The minimum Gasteiger partial charge on any atom is -0.319 e. The summed E-state index contributed by atoms with van der Waals surface area (Å²) in [5.74, 6) is -0.373. The van der Waals surface area contributed by atoms with Crippen molar-refractivity contribution in [1.29, 1.82) is 0 Å². The van der Waals surface area contributed by atoms with Crippen molar-refractivity contribution in [3.8, 4) is 0 Å². The van der Waals surface area contributed by atoms with E-state index in [4.69, 9.17) is 0 Å². The van der Waals surface area contributed by atoms with E-state index in [1.165, 1.54) is 31.3 Å². The lowest BCUT2D eigenvalue weighted by Gasteiger charge is -2.19. The van der Waals surface area contributed by atoms with Crippen LogP contribution in [0.15, 0.2) is 24.3 Å². The lowest BCUT2D eigenvalue weighted by Crippen LogP contribution is -2.32. The maximum absolute atomic E-state index is 12.7. The molecule has 0 saturated heterocycles. The maximum atomic E-state index is 12.7. The third kappa shape index (κ3) is 3.18. The highest BCUT2D eigenvalue weighted by Gasteiger charge is 2.17. The van der Waals surface area contributed by atoms with Gasteiger partial charge in [-0.25, -0.2) is 12.8 Å². The molecule has 0 fully saturated rings. The predicted octanol–water partition coefficient (Wildman–Crippen LogP) is 0.811. The minimum absolute atomic E-state index is 0.0113. The molecule has 0 radical (unpaired) electrons. The topological polar surface area (TPSA) is 49.4 Å². The fourth-order valence-electron chi connectivity index (χ4n) is 1.18. The summed E-state index contributed by atoms with van der Waals surface area (Å²) in [5, 5.41) is 2.77. The van der Waals surface area contributed by atoms with E-state index >= 15 is 0 Å². The zero-order valence-electron chi connectivity index (χ0n) is 9.27. The van der Waals surface area contributed by atoms with Crippen LogP contribution in [0.1, 0.15) is 0 Å². The van der Waals surface area contributed by atoms with E-state index in [-0.39, 0.29) is 11.6 Å². The first-order valence-electron chi connectivity index (χ1n) is 4.84. The number of halogens is 1. The van der Waals surface area contributed by atoms with Crippen molar-refractivity contribution < 1.29 is 12.8 Å². The van der Waals surface area contributed by atoms with Gasteiger partial charge in [0.1, 0.15) is 5.82 Å². The van der Waals surface area contributed by atoms with Gasteiger partial charge in [-0.1, -0.05) is 0 Å². The molecule has 0 amide bonds. The normalized spacial score (nSPS) is 11.4. The summed E-state index contributed by atoms with van der Waals surface area (Å²) in [6.45, 7) is 0.383. The second-order valence-electron chi connectivity index (χ2n) is 3.36. The molecule has 90 valence electrons. The largest absolute Gasteiger partial charge is 0.319 e. The number of hydrogen-bond donors (Lipinski definition) is 1. The van der Waals surface area contributed by atoms with Crippen LogP contribution in [0.25, 0.3) is 0 Å². The average molecular weight is 246 g/mol. The number of nitrogens with one attached hydrogen (secondary N) is 1. The van der Waals surface area contributed by atoms with E-state index in [0.717, 1.165) is 4.31 Å².